The minimum Gasteiger partial charge on any atom is -0.494 e. The molecule has 0 saturated heterocycles. The van der Waals surface area contributed by atoms with Crippen molar-refractivity contribution >= 4 is 29.7 Å². The van der Waals surface area contributed by atoms with Crippen LogP contribution in [0.25, 0.3) is 12.2 Å². The summed E-state index contributed by atoms with van der Waals surface area (Å²) in [5.41, 5.74) is 1.46. The molecule has 0 radical (unpaired) electrons. The van der Waals surface area contributed by atoms with E-state index in [-0.39, 0.29) is 0 Å². The third kappa shape index (κ3) is 6.28. The molecule has 4 heteroatoms. The van der Waals surface area contributed by atoms with Gasteiger partial charge in [-0.25, -0.2) is 0 Å². The van der Waals surface area contributed by atoms with Crippen molar-refractivity contribution in [3.63, 3.8) is 0 Å². The average molecular weight is 359 g/mol. The van der Waals surface area contributed by atoms with Crippen LogP contribution in [0.4, 0.5) is 0 Å². The second-order valence-electron chi connectivity index (χ2n) is 6.59. The molecule has 0 aliphatic heterocycles. The van der Waals surface area contributed by atoms with Crippen molar-refractivity contribution in [2.45, 2.75) is 26.7 Å². The lowest BCUT2D eigenvalue weighted by Gasteiger charge is -2.18. The number of hydrogen-bond donors (Lipinski definition) is 1. The summed E-state index contributed by atoms with van der Waals surface area (Å²) in [7, 11) is 0. The third-order valence-electron chi connectivity index (χ3n) is 4.01. The van der Waals surface area contributed by atoms with E-state index in [1.165, 1.54) is 0 Å². The maximum atomic E-state index is 11.0. The van der Waals surface area contributed by atoms with Gasteiger partial charge < -0.3 is 9.84 Å². The Morgan fingerprint density at radius 1 is 1.04 bits per heavy atom. The van der Waals surface area contributed by atoms with Gasteiger partial charge in [0.25, 0.3) is 0 Å². The first-order chi connectivity index (χ1) is 11.9. The molecular formula is C21H23ClO3. The van der Waals surface area contributed by atoms with Crippen LogP contribution in [-0.4, -0.2) is 17.7 Å². The van der Waals surface area contributed by atoms with Gasteiger partial charge in [-0.15, -0.1) is 0 Å². The zero-order valence-electron chi connectivity index (χ0n) is 14.5. The first-order valence-electron chi connectivity index (χ1n) is 8.27. The van der Waals surface area contributed by atoms with E-state index in [4.69, 9.17) is 21.4 Å². The Labute approximate surface area is 153 Å². The van der Waals surface area contributed by atoms with E-state index in [0.29, 0.717) is 19.4 Å². The topological polar surface area (TPSA) is 46.5 Å². The third-order valence-corrected chi connectivity index (χ3v) is 4.26. The van der Waals surface area contributed by atoms with Gasteiger partial charge in [-0.1, -0.05) is 48.0 Å². The molecule has 2 rings (SSSR count). The Bertz CT molecular complexity index is 716. The van der Waals surface area contributed by atoms with Crippen molar-refractivity contribution in [2.24, 2.45) is 5.41 Å². The Morgan fingerprint density at radius 2 is 1.56 bits per heavy atom. The van der Waals surface area contributed by atoms with Crippen LogP contribution < -0.4 is 4.74 Å². The standard InChI is InChI=1S/C21H23ClO3/c1-21(2,20(23)24)14-3-15-25-19-12-8-17(9-13-19)5-4-16-6-10-18(22)11-7-16/h4-13H,3,14-15H2,1-2H3,(H,23,24)/b5-4+. The normalized spacial score (nSPS) is 11.6. The largest absolute Gasteiger partial charge is 0.494 e. The summed E-state index contributed by atoms with van der Waals surface area (Å²) in [6, 6.07) is 15.5. The van der Waals surface area contributed by atoms with Crippen molar-refractivity contribution in [1.82, 2.24) is 0 Å². The van der Waals surface area contributed by atoms with Gasteiger partial charge in [0.15, 0.2) is 0 Å². The van der Waals surface area contributed by atoms with Crippen molar-refractivity contribution in [3.05, 3.63) is 64.7 Å². The lowest BCUT2D eigenvalue weighted by Crippen LogP contribution is -2.24. The highest BCUT2D eigenvalue weighted by Gasteiger charge is 2.26. The molecule has 0 fully saturated rings. The second-order valence-corrected chi connectivity index (χ2v) is 7.03. The molecule has 132 valence electrons. The number of rotatable bonds is 8. The van der Waals surface area contributed by atoms with E-state index in [2.05, 4.69) is 0 Å². The van der Waals surface area contributed by atoms with Gasteiger partial charge in [-0.2, -0.15) is 0 Å². The SMILES string of the molecule is CC(C)(CCCOc1ccc(/C=C/c2ccc(Cl)cc2)cc1)C(=O)O. The molecule has 0 aliphatic carbocycles. The number of aliphatic carboxylic acids is 1. The molecule has 2 aromatic carbocycles. The molecule has 0 aromatic heterocycles. The summed E-state index contributed by atoms with van der Waals surface area (Å²) in [4.78, 5) is 11.0. The Hall–Kier alpha value is -2.26. The Kier molecular flexibility index (Phi) is 6.65. The summed E-state index contributed by atoms with van der Waals surface area (Å²) in [5, 5.41) is 9.81. The van der Waals surface area contributed by atoms with Crippen LogP contribution in [0.2, 0.25) is 5.02 Å². The van der Waals surface area contributed by atoms with Crippen LogP contribution in [0.15, 0.2) is 48.5 Å². The fraction of sp³-hybridized carbons (Fsp3) is 0.286. The van der Waals surface area contributed by atoms with Crippen LogP contribution in [0.1, 0.15) is 37.8 Å². The molecule has 0 atom stereocenters. The first-order valence-corrected chi connectivity index (χ1v) is 8.64. The van der Waals surface area contributed by atoms with E-state index >= 15 is 0 Å². The van der Waals surface area contributed by atoms with Crippen LogP contribution in [0, 0.1) is 5.41 Å². The summed E-state index contributed by atoms with van der Waals surface area (Å²) in [6.07, 6.45) is 5.35. The number of carboxylic acids is 1. The number of carboxylic acid groups (broad SMARTS) is 1. The van der Waals surface area contributed by atoms with Crippen molar-refractivity contribution in [3.8, 4) is 5.75 Å². The first kappa shape index (κ1) is 19.1. The molecule has 25 heavy (non-hydrogen) atoms. The highest BCUT2D eigenvalue weighted by atomic mass is 35.5. The van der Waals surface area contributed by atoms with Gasteiger partial charge in [-0.3, -0.25) is 4.79 Å². The summed E-state index contributed by atoms with van der Waals surface area (Å²) in [6.45, 7) is 3.98. The lowest BCUT2D eigenvalue weighted by atomic mass is 9.88. The van der Waals surface area contributed by atoms with E-state index in [1.807, 2.05) is 60.7 Å². The fourth-order valence-corrected chi connectivity index (χ4v) is 2.38. The van der Waals surface area contributed by atoms with Gasteiger partial charge >= 0.3 is 5.97 Å². The van der Waals surface area contributed by atoms with Crippen molar-refractivity contribution in [2.75, 3.05) is 6.61 Å². The van der Waals surface area contributed by atoms with Gasteiger partial charge in [0.05, 0.1) is 12.0 Å². The number of ether oxygens (including phenoxy) is 1. The lowest BCUT2D eigenvalue weighted by molar-refractivity contribution is -0.147. The predicted octanol–water partition coefficient (Wildman–Crippen LogP) is 5.78. The van der Waals surface area contributed by atoms with E-state index in [9.17, 15) is 4.79 Å². The fourth-order valence-electron chi connectivity index (χ4n) is 2.25. The summed E-state index contributed by atoms with van der Waals surface area (Å²) >= 11 is 5.87. The molecule has 3 nitrogen and oxygen atoms in total. The van der Waals surface area contributed by atoms with Crippen molar-refractivity contribution in [1.29, 1.82) is 0 Å². The smallest absolute Gasteiger partial charge is 0.309 e. The van der Waals surface area contributed by atoms with Crippen LogP contribution in [-0.2, 0) is 4.79 Å². The maximum absolute atomic E-state index is 11.0. The zero-order chi connectivity index (χ0) is 18.3. The van der Waals surface area contributed by atoms with E-state index in [0.717, 1.165) is 21.9 Å². The maximum Gasteiger partial charge on any atom is 0.309 e. The van der Waals surface area contributed by atoms with E-state index in [1.54, 1.807) is 13.8 Å². The van der Waals surface area contributed by atoms with Gasteiger partial charge in [0.2, 0.25) is 0 Å². The van der Waals surface area contributed by atoms with Crippen LogP contribution >= 0.6 is 11.6 Å². The molecule has 0 spiro atoms. The molecule has 0 unspecified atom stereocenters. The quantitative estimate of drug-likeness (QED) is 0.480. The molecule has 1 N–H and O–H groups in total. The monoisotopic (exact) mass is 358 g/mol. The minimum absolute atomic E-state index is 0.511. The Balaban J connectivity index is 1.81. The summed E-state index contributed by atoms with van der Waals surface area (Å²) < 4.78 is 5.68. The molecule has 2 aromatic rings. The highest BCUT2D eigenvalue weighted by molar-refractivity contribution is 6.30. The van der Waals surface area contributed by atoms with Gasteiger partial charge in [-0.05, 0) is 62.1 Å². The minimum atomic E-state index is -0.774. The Morgan fingerprint density at radius 3 is 2.08 bits per heavy atom. The highest BCUT2D eigenvalue weighted by Crippen LogP contribution is 2.23. The van der Waals surface area contributed by atoms with Crippen molar-refractivity contribution < 1.29 is 14.6 Å². The molecule has 0 heterocycles. The number of benzene rings is 2. The molecular weight excluding hydrogens is 336 g/mol. The zero-order valence-corrected chi connectivity index (χ0v) is 15.3. The average Bonchev–Trinajstić information content (AvgIpc) is 2.59. The molecule has 0 amide bonds. The number of halogens is 1. The second kappa shape index (κ2) is 8.72. The number of hydrogen-bond acceptors (Lipinski definition) is 2. The molecule has 0 saturated carbocycles. The van der Waals surface area contributed by atoms with Gasteiger partial charge in [0.1, 0.15) is 5.75 Å². The predicted molar refractivity (Wildman–Crippen MR) is 103 cm³/mol. The summed E-state index contributed by atoms with van der Waals surface area (Å²) in [5.74, 6) is 0.0149. The van der Waals surface area contributed by atoms with Crippen LogP contribution in [0.3, 0.4) is 0 Å². The van der Waals surface area contributed by atoms with Crippen LogP contribution in [0.5, 0.6) is 5.75 Å². The number of carbonyl (C=O) groups is 1. The van der Waals surface area contributed by atoms with E-state index < -0.39 is 11.4 Å². The molecule has 0 bridgehead atoms. The molecule has 0 aliphatic rings. The van der Waals surface area contributed by atoms with Gasteiger partial charge in [0, 0.05) is 5.02 Å².